The Kier molecular flexibility index (Phi) is 7.30. The van der Waals surface area contributed by atoms with Crippen molar-refractivity contribution in [2.45, 2.75) is 6.17 Å². The fourth-order valence-electron chi connectivity index (χ4n) is 8.67. The van der Waals surface area contributed by atoms with E-state index in [1.54, 1.807) is 0 Å². The second-order valence-corrected chi connectivity index (χ2v) is 16.7. The maximum Gasteiger partial charge on any atom is 0.159 e. The number of fused-ring (bicyclic) bond motifs is 9. The van der Waals surface area contributed by atoms with Crippen LogP contribution in [0.25, 0.3) is 79.0 Å². The standard InChI is InChI=1S/C51H32N4S2/c1-3-13-31(14-4-1)49-52-50(32-15-5-2-6-16-32)54-51(53-49)40-21-11-20-38-41-29-33(25-28-44(41)57-48(38)40)35-19-12-24-45-47(35)39-27-26-34(30-46(39)56-45)55-42-22-9-7-17-36(42)37-18-8-10-23-43(37)55/h1-30,51H,(H,52,53,54). The number of nitrogens with zero attached hydrogens (tertiary/aromatic N) is 3. The van der Waals surface area contributed by atoms with Gasteiger partial charge >= 0.3 is 0 Å². The third-order valence-corrected chi connectivity index (χ3v) is 13.6. The molecule has 0 aliphatic carbocycles. The lowest BCUT2D eigenvalue weighted by atomic mass is 9.97. The van der Waals surface area contributed by atoms with E-state index in [4.69, 9.17) is 9.98 Å². The van der Waals surface area contributed by atoms with Crippen LogP contribution in [0.15, 0.2) is 192 Å². The van der Waals surface area contributed by atoms with Crippen LogP contribution in [0.1, 0.15) is 22.9 Å². The highest BCUT2D eigenvalue weighted by Crippen LogP contribution is 2.45. The van der Waals surface area contributed by atoms with E-state index >= 15 is 0 Å². The number of benzene rings is 8. The van der Waals surface area contributed by atoms with Crippen LogP contribution in [0, 0.1) is 0 Å². The molecule has 1 unspecified atom stereocenters. The second-order valence-electron chi connectivity index (χ2n) is 14.6. The van der Waals surface area contributed by atoms with E-state index in [1.807, 2.05) is 46.9 Å². The highest BCUT2D eigenvalue weighted by Gasteiger charge is 2.24. The quantitative estimate of drug-likeness (QED) is 0.186. The van der Waals surface area contributed by atoms with Gasteiger partial charge in [-0.05, 0) is 53.6 Å². The highest BCUT2D eigenvalue weighted by atomic mass is 32.1. The zero-order chi connectivity index (χ0) is 37.5. The topological polar surface area (TPSA) is 41.7 Å². The average molecular weight is 765 g/mol. The van der Waals surface area contributed by atoms with Crippen LogP contribution in [-0.4, -0.2) is 16.2 Å². The van der Waals surface area contributed by atoms with Crippen molar-refractivity contribution >= 4 is 96.5 Å². The molecule has 57 heavy (non-hydrogen) atoms. The van der Waals surface area contributed by atoms with Crippen LogP contribution >= 0.6 is 22.7 Å². The van der Waals surface area contributed by atoms with E-state index in [0.29, 0.717) is 0 Å². The minimum absolute atomic E-state index is 0.289. The molecule has 0 radical (unpaired) electrons. The molecule has 0 bridgehead atoms. The summed E-state index contributed by atoms with van der Waals surface area (Å²) >= 11 is 3.72. The van der Waals surface area contributed by atoms with Crippen LogP contribution in [0.5, 0.6) is 0 Å². The second kappa shape index (κ2) is 12.8. The van der Waals surface area contributed by atoms with Gasteiger partial charge in [0.25, 0.3) is 0 Å². The molecule has 1 atom stereocenters. The molecule has 1 N–H and O–H groups in total. The molecule has 4 heterocycles. The number of aromatic nitrogens is 1. The summed E-state index contributed by atoms with van der Waals surface area (Å²) in [4.78, 5) is 10.2. The Hall–Kier alpha value is -6.86. The lowest BCUT2D eigenvalue weighted by molar-refractivity contribution is 0.680. The van der Waals surface area contributed by atoms with Crippen molar-refractivity contribution in [1.82, 2.24) is 9.88 Å². The molecule has 11 aromatic rings. The number of thiophene rings is 2. The Morgan fingerprint density at radius 2 is 1.18 bits per heavy atom. The minimum atomic E-state index is -0.289. The number of hydrogen-bond acceptors (Lipinski definition) is 5. The Morgan fingerprint density at radius 1 is 0.474 bits per heavy atom. The molecule has 0 saturated heterocycles. The molecule has 3 aromatic heterocycles. The van der Waals surface area contributed by atoms with Crippen LogP contribution in [0.3, 0.4) is 0 Å². The van der Waals surface area contributed by atoms with Gasteiger partial charge in [-0.25, -0.2) is 9.98 Å². The molecular weight excluding hydrogens is 733 g/mol. The van der Waals surface area contributed by atoms with Crippen molar-refractivity contribution in [1.29, 1.82) is 0 Å². The molecule has 6 heteroatoms. The third-order valence-electron chi connectivity index (χ3n) is 11.3. The van der Waals surface area contributed by atoms with Gasteiger partial charge < -0.3 is 9.88 Å². The van der Waals surface area contributed by atoms with E-state index < -0.39 is 0 Å². The first-order chi connectivity index (χ1) is 28.2. The summed E-state index contributed by atoms with van der Waals surface area (Å²) in [6, 6.07) is 65.4. The lowest BCUT2D eigenvalue weighted by Gasteiger charge is -2.24. The summed E-state index contributed by atoms with van der Waals surface area (Å²) in [5, 5.41) is 11.4. The summed E-state index contributed by atoms with van der Waals surface area (Å²) in [6.07, 6.45) is -0.289. The van der Waals surface area contributed by atoms with Crippen molar-refractivity contribution in [2.75, 3.05) is 0 Å². The molecular formula is C51H32N4S2. The molecule has 12 rings (SSSR count). The first kappa shape index (κ1) is 32.4. The summed E-state index contributed by atoms with van der Waals surface area (Å²) in [5.41, 5.74) is 9.32. The molecule has 268 valence electrons. The van der Waals surface area contributed by atoms with Crippen LogP contribution in [0.4, 0.5) is 0 Å². The first-order valence-electron chi connectivity index (χ1n) is 19.2. The first-order valence-corrected chi connectivity index (χ1v) is 20.8. The third kappa shape index (κ3) is 5.18. The summed E-state index contributed by atoms with van der Waals surface area (Å²) in [5.74, 6) is 1.56. The SMILES string of the molecule is c1ccc(C2=NC(c3cccc4c3sc3ccc(-c5cccc6sc7cc(-n8c9ccccc9c9ccccc98)ccc7c56)cc34)NC(c3ccccc3)=N2)cc1. The predicted octanol–water partition coefficient (Wildman–Crippen LogP) is 13.7. The molecule has 1 aliphatic rings. The van der Waals surface area contributed by atoms with Gasteiger partial charge in [-0.2, -0.15) is 0 Å². The van der Waals surface area contributed by atoms with Gasteiger partial charge in [0, 0.05) is 73.5 Å². The number of para-hydroxylation sites is 2. The summed E-state index contributed by atoms with van der Waals surface area (Å²) < 4.78 is 7.50. The number of amidine groups is 2. The Labute approximate surface area is 336 Å². The minimum Gasteiger partial charge on any atom is -0.344 e. The van der Waals surface area contributed by atoms with Crippen LogP contribution < -0.4 is 5.32 Å². The Balaban J connectivity index is 0.972. The Bertz CT molecular complexity index is 3390. The molecule has 0 saturated carbocycles. The van der Waals surface area contributed by atoms with Crippen LogP contribution in [-0.2, 0) is 0 Å². The molecule has 1 aliphatic heterocycles. The van der Waals surface area contributed by atoms with Gasteiger partial charge in [-0.15, -0.1) is 22.7 Å². The predicted molar refractivity (Wildman–Crippen MR) is 244 cm³/mol. The van der Waals surface area contributed by atoms with Gasteiger partial charge in [0.05, 0.1) is 11.0 Å². The van der Waals surface area contributed by atoms with Gasteiger partial charge in [-0.3, -0.25) is 0 Å². The molecule has 0 amide bonds. The lowest BCUT2D eigenvalue weighted by Crippen LogP contribution is -2.33. The van der Waals surface area contributed by atoms with Gasteiger partial charge in [0.15, 0.2) is 5.84 Å². The van der Waals surface area contributed by atoms with Gasteiger partial charge in [-0.1, -0.05) is 140 Å². The van der Waals surface area contributed by atoms with Crippen molar-refractivity contribution in [3.05, 3.63) is 199 Å². The fraction of sp³-hybridized carbons (Fsp3) is 0.0196. The summed E-state index contributed by atoms with van der Waals surface area (Å²) in [6.45, 7) is 0. The molecule has 4 nitrogen and oxygen atoms in total. The van der Waals surface area contributed by atoms with Gasteiger partial charge in [0.1, 0.15) is 12.0 Å². The number of nitrogens with one attached hydrogen (secondary N) is 1. The Morgan fingerprint density at radius 3 is 1.96 bits per heavy atom. The van der Waals surface area contributed by atoms with Crippen molar-refractivity contribution in [3.63, 3.8) is 0 Å². The zero-order valence-corrected chi connectivity index (χ0v) is 32.2. The smallest absolute Gasteiger partial charge is 0.159 e. The van der Waals surface area contributed by atoms with Gasteiger partial charge in [0.2, 0.25) is 0 Å². The van der Waals surface area contributed by atoms with Crippen molar-refractivity contribution in [3.8, 4) is 16.8 Å². The maximum absolute atomic E-state index is 5.22. The normalized spacial score (nSPS) is 14.5. The van der Waals surface area contributed by atoms with E-state index in [0.717, 1.165) is 28.4 Å². The molecule has 0 spiro atoms. The fourth-order valence-corrected chi connectivity index (χ4v) is 11.1. The van der Waals surface area contributed by atoms with Crippen LogP contribution in [0.2, 0.25) is 0 Å². The van der Waals surface area contributed by atoms with E-state index in [1.165, 1.54) is 79.0 Å². The number of hydrogen-bond donors (Lipinski definition) is 1. The van der Waals surface area contributed by atoms with E-state index in [-0.39, 0.29) is 6.17 Å². The number of rotatable bonds is 5. The highest BCUT2D eigenvalue weighted by molar-refractivity contribution is 7.26. The van der Waals surface area contributed by atoms with Crippen molar-refractivity contribution in [2.24, 2.45) is 9.98 Å². The number of aliphatic imine (C=N–C) groups is 2. The summed E-state index contributed by atoms with van der Waals surface area (Å²) in [7, 11) is 0. The van der Waals surface area contributed by atoms with E-state index in [9.17, 15) is 0 Å². The largest absolute Gasteiger partial charge is 0.344 e. The zero-order valence-electron chi connectivity index (χ0n) is 30.6. The maximum atomic E-state index is 5.22. The molecule has 0 fully saturated rings. The van der Waals surface area contributed by atoms with E-state index in [2.05, 4.69) is 168 Å². The monoisotopic (exact) mass is 764 g/mol. The molecule has 8 aromatic carbocycles. The average Bonchev–Trinajstić information content (AvgIpc) is 3.96. The van der Waals surface area contributed by atoms with Crippen molar-refractivity contribution < 1.29 is 0 Å².